The van der Waals surface area contributed by atoms with Gasteiger partial charge in [-0.25, -0.2) is 9.78 Å². The first-order chi connectivity index (χ1) is 11.9. The maximum Gasteiger partial charge on any atom is 0.315 e. The minimum Gasteiger partial charge on any atom is -0.363 e. The van der Waals surface area contributed by atoms with Gasteiger partial charge in [0.05, 0.1) is 0 Å². The normalized spacial score (nSPS) is 18.4. The zero-order chi connectivity index (χ0) is 18.4. The van der Waals surface area contributed by atoms with Crippen molar-refractivity contribution in [1.82, 2.24) is 20.5 Å². The number of hydrogen-bond acceptors (Lipinski definition) is 4. The lowest BCUT2D eigenvalue weighted by atomic mass is 10.0. The number of anilines is 1. The third-order valence-electron chi connectivity index (χ3n) is 4.52. The molecule has 1 aromatic heterocycles. The van der Waals surface area contributed by atoms with Crippen molar-refractivity contribution in [3.8, 4) is 0 Å². The molecule has 1 aromatic rings. The van der Waals surface area contributed by atoms with Crippen LogP contribution < -0.4 is 15.5 Å². The third kappa shape index (κ3) is 5.34. The Hall–Kier alpha value is -2.31. The number of nitrogens with one attached hydrogen (secondary N) is 2. The van der Waals surface area contributed by atoms with Crippen LogP contribution in [-0.4, -0.2) is 54.5 Å². The summed E-state index contributed by atoms with van der Waals surface area (Å²) >= 11 is 0. The number of piperidine rings is 1. The van der Waals surface area contributed by atoms with Gasteiger partial charge < -0.3 is 20.4 Å². The van der Waals surface area contributed by atoms with E-state index in [9.17, 15) is 9.59 Å². The van der Waals surface area contributed by atoms with E-state index in [0.29, 0.717) is 6.54 Å². The predicted molar refractivity (Wildman–Crippen MR) is 98.4 cm³/mol. The van der Waals surface area contributed by atoms with Crippen LogP contribution in [0.5, 0.6) is 0 Å². The number of likely N-dealkylation sites (tertiary alicyclic amines) is 1. The Morgan fingerprint density at radius 1 is 1.36 bits per heavy atom. The van der Waals surface area contributed by atoms with Crippen LogP contribution in [0.4, 0.5) is 10.6 Å². The Morgan fingerprint density at radius 3 is 2.72 bits per heavy atom. The van der Waals surface area contributed by atoms with Gasteiger partial charge in [0.15, 0.2) is 0 Å². The van der Waals surface area contributed by atoms with E-state index in [-0.39, 0.29) is 18.0 Å². The highest BCUT2D eigenvalue weighted by molar-refractivity contribution is 5.87. The van der Waals surface area contributed by atoms with Crippen LogP contribution in [0.25, 0.3) is 0 Å². The Bertz CT molecular complexity index is 588. The fraction of sp³-hybridized carbons (Fsp3) is 0.611. The Kier molecular flexibility index (Phi) is 6.61. The average molecular weight is 347 g/mol. The molecule has 1 aliphatic heterocycles. The van der Waals surface area contributed by atoms with E-state index in [1.807, 2.05) is 36.0 Å². The molecule has 7 heteroatoms. The van der Waals surface area contributed by atoms with E-state index < -0.39 is 6.04 Å². The fourth-order valence-corrected chi connectivity index (χ4v) is 2.95. The Balaban J connectivity index is 1.79. The second-order valence-corrected chi connectivity index (χ2v) is 6.84. The maximum atomic E-state index is 12.5. The van der Waals surface area contributed by atoms with Crippen molar-refractivity contribution in [3.63, 3.8) is 0 Å². The van der Waals surface area contributed by atoms with Gasteiger partial charge in [0, 0.05) is 39.4 Å². The average Bonchev–Trinajstić information content (AvgIpc) is 2.60. The van der Waals surface area contributed by atoms with Crippen LogP contribution in [0.2, 0.25) is 0 Å². The number of hydrogen-bond donors (Lipinski definition) is 2. The van der Waals surface area contributed by atoms with Crippen LogP contribution >= 0.6 is 0 Å². The van der Waals surface area contributed by atoms with Crippen LogP contribution in [0.15, 0.2) is 18.3 Å². The zero-order valence-corrected chi connectivity index (χ0v) is 15.6. The molecular formula is C18H29N5O2. The summed E-state index contributed by atoms with van der Waals surface area (Å²) in [6, 6.07) is 3.19. The van der Waals surface area contributed by atoms with Crippen molar-refractivity contribution in [3.05, 3.63) is 23.9 Å². The summed E-state index contributed by atoms with van der Waals surface area (Å²) in [4.78, 5) is 32.6. The lowest BCUT2D eigenvalue weighted by Gasteiger charge is -2.35. The number of carbonyl (C=O) groups excluding carboxylic acids is 2. The molecule has 1 saturated heterocycles. The number of pyridine rings is 1. The van der Waals surface area contributed by atoms with Crippen LogP contribution in [0.1, 0.15) is 38.7 Å². The van der Waals surface area contributed by atoms with Gasteiger partial charge in [0.1, 0.15) is 11.9 Å². The monoisotopic (exact) mass is 347 g/mol. The highest BCUT2D eigenvalue weighted by Gasteiger charge is 2.27. The van der Waals surface area contributed by atoms with Crippen molar-refractivity contribution in [1.29, 1.82) is 0 Å². The summed E-state index contributed by atoms with van der Waals surface area (Å²) in [7, 11) is 3.85. The quantitative estimate of drug-likeness (QED) is 0.850. The van der Waals surface area contributed by atoms with Crippen molar-refractivity contribution in [2.24, 2.45) is 0 Å². The van der Waals surface area contributed by atoms with Gasteiger partial charge in [-0.1, -0.05) is 6.07 Å². The summed E-state index contributed by atoms with van der Waals surface area (Å²) in [6.45, 7) is 4.94. The molecule has 138 valence electrons. The molecule has 0 saturated carbocycles. The van der Waals surface area contributed by atoms with Gasteiger partial charge in [0.25, 0.3) is 0 Å². The van der Waals surface area contributed by atoms with Gasteiger partial charge in [-0.15, -0.1) is 0 Å². The van der Waals surface area contributed by atoms with Gasteiger partial charge in [0.2, 0.25) is 5.91 Å². The second-order valence-electron chi connectivity index (χ2n) is 6.84. The molecule has 2 rings (SSSR count). The smallest absolute Gasteiger partial charge is 0.315 e. The number of aromatic nitrogens is 1. The summed E-state index contributed by atoms with van der Waals surface area (Å²) in [6.07, 6.45) is 4.96. The molecule has 7 nitrogen and oxygen atoms in total. The van der Waals surface area contributed by atoms with Crippen LogP contribution in [0, 0.1) is 0 Å². The van der Waals surface area contributed by atoms with Crippen molar-refractivity contribution in [2.75, 3.05) is 25.5 Å². The van der Waals surface area contributed by atoms with E-state index in [0.717, 1.165) is 37.2 Å². The van der Waals surface area contributed by atoms with Crippen molar-refractivity contribution >= 4 is 17.8 Å². The van der Waals surface area contributed by atoms with Crippen molar-refractivity contribution < 1.29 is 9.59 Å². The molecule has 2 atom stereocenters. The first-order valence-electron chi connectivity index (χ1n) is 8.85. The van der Waals surface area contributed by atoms with Gasteiger partial charge in [-0.2, -0.15) is 0 Å². The largest absolute Gasteiger partial charge is 0.363 e. The summed E-state index contributed by atoms with van der Waals surface area (Å²) in [5.41, 5.74) is 0.907. The molecule has 3 amide bonds. The first kappa shape index (κ1) is 19.0. The Morgan fingerprint density at radius 2 is 2.12 bits per heavy atom. The fourth-order valence-electron chi connectivity index (χ4n) is 2.95. The highest BCUT2D eigenvalue weighted by Crippen LogP contribution is 2.17. The SMILES string of the molecule is C[C@@H]1CCCCN1C(=O)[C@@H](C)NC(=O)NCc1ccc(N(C)C)nc1. The van der Waals surface area contributed by atoms with E-state index in [2.05, 4.69) is 22.5 Å². The molecule has 0 radical (unpaired) electrons. The molecule has 0 aromatic carbocycles. The minimum atomic E-state index is -0.533. The summed E-state index contributed by atoms with van der Waals surface area (Å²) in [5.74, 6) is 0.849. The van der Waals surface area contributed by atoms with E-state index in [1.165, 1.54) is 0 Å². The molecule has 2 N–H and O–H groups in total. The van der Waals surface area contributed by atoms with Crippen molar-refractivity contribution in [2.45, 2.75) is 51.7 Å². The highest BCUT2D eigenvalue weighted by atomic mass is 16.2. The topological polar surface area (TPSA) is 77.6 Å². The number of urea groups is 1. The third-order valence-corrected chi connectivity index (χ3v) is 4.52. The number of nitrogens with zero attached hydrogens (tertiary/aromatic N) is 3. The zero-order valence-electron chi connectivity index (χ0n) is 15.6. The van der Waals surface area contributed by atoms with E-state index in [1.54, 1.807) is 13.1 Å². The molecule has 0 unspecified atom stereocenters. The molecule has 2 heterocycles. The molecule has 25 heavy (non-hydrogen) atoms. The molecule has 0 spiro atoms. The lowest BCUT2D eigenvalue weighted by molar-refractivity contribution is -0.136. The van der Waals surface area contributed by atoms with E-state index >= 15 is 0 Å². The molecular weight excluding hydrogens is 318 g/mol. The van der Waals surface area contributed by atoms with Gasteiger partial charge in [-0.3, -0.25) is 4.79 Å². The molecule has 1 fully saturated rings. The molecule has 0 aliphatic carbocycles. The number of rotatable bonds is 5. The predicted octanol–water partition coefficient (Wildman–Crippen LogP) is 1.74. The number of amides is 3. The van der Waals surface area contributed by atoms with Crippen LogP contribution in [-0.2, 0) is 11.3 Å². The maximum absolute atomic E-state index is 12.5. The molecule has 0 bridgehead atoms. The van der Waals surface area contributed by atoms with Gasteiger partial charge >= 0.3 is 6.03 Å². The molecule has 1 aliphatic rings. The minimum absolute atomic E-state index is 0.0145. The summed E-state index contributed by atoms with van der Waals surface area (Å²) < 4.78 is 0. The number of carbonyl (C=O) groups is 2. The Labute approximate surface area is 149 Å². The van der Waals surface area contributed by atoms with Gasteiger partial charge in [-0.05, 0) is 44.7 Å². The summed E-state index contributed by atoms with van der Waals surface area (Å²) in [5, 5.41) is 5.50. The second kappa shape index (κ2) is 8.69. The van der Waals surface area contributed by atoms with Crippen LogP contribution in [0.3, 0.4) is 0 Å². The van der Waals surface area contributed by atoms with E-state index in [4.69, 9.17) is 0 Å². The lowest BCUT2D eigenvalue weighted by Crippen LogP contribution is -2.53. The first-order valence-corrected chi connectivity index (χ1v) is 8.85. The standard InChI is InChI=1S/C18H29N5O2/c1-13-7-5-6-10-23(13)17(24)14(2)21-18(25)20-12-15-8-9-16(19-11-15)22(3)4/h8-9,11,13-14H,5-7,10,12H2,1-4H3,(H2,20,21,25)/t13-,14-/m1/s1.